The van der Waals surface area contributed by atoms with E-state index in [9.17, 15) is 25.2 Å². The van der Waals surface area contributed by atoms with Gasteiger partial charge in [0.2, 0.25) is 0 Å². The molecule has 8 heteroatoms. The van der Waals surface area contributed by atoms with E-state index in [1.54, 1.807) is 34.6 Å². The Kier molecular flexibility index (Phi) is 9.94. The first kappa shape index (κ1) is 28.3. The second-order valence-electron chi connectivity index (χ2n) is 10.1. The van der Waals surface area contributed by atoms with Crippen LogP contribution >= 0.6 is 0 Å². The molecular formula is C23H45NO7. The van der Waals surface area contributed by atoms with Crippen molar-refractivity contribution in [3.63, 3.8) is 0 Å². The van der Waals surface area contributed by atoms with Crippen LogP contribution in [0, 0.1) is 17.8 Å². The van der Waals surface area contributed by atoms with Gasteiger partial charge in [0, 0.05) is 25.6 Å². The van der Waals surface area contributed by atoms with E-state index in [0.717, 1.165) is 0 Å². The largest absolute Gasteiger partial charge is 0.459 e. The summed E-state index contributed by atoms with van der Waals surface area (Å²) in [6, 6.07) is -0.437. The summed E-state index contributed by atoms with van der Waals surface area (Å²) in [6.45, 7) is 12.6. The van der Waals surface area contributed by atoms with Gasteiger partial charge in [-0.2, -0.15) is 0 Å². The molecule has 0 saturated carbocycles. The third kappa shape index (κ3) is 6.39. The van der Waals surface area contributed by atoms with Gasteiger partial charge in [-0.25, -0.2) is 0 Å². The van der Waals surface area contributed by atoms with E-state index in [2.05, 4.69) is 0 Å². The van der Waals surface area contributed by atoms with Crippen molar-refractivity contribution in [2.24, 2.45) is 17.8 Å². The van der Waals surface area contributed by atoms with Crippen molar-refractivity contribution in [2.75, 3.05) is 20.7 Å². The number of likely N-dealkylation sites (N-methyl/N-ethyl adjacent to an activating group) is 1. The number of carbonyl (C=O) groups is 1. The summed E-state index contributed by atoms with van der Waals surface area (Å²) >= 11 is 0. The lowest BCUT2D eigenvalue weighted by Crippen LogP contribution is -2.59. The summed E-state index contributed by atoms with van der Waals surface area (Å²) < 4.78 is 11.2. The van der Waals surface area contributed by atoms with Crippen molar-refractivity contribution in [3.8, 4) is 0 Å². The molecule has 4 N–H and O–H groups in total. The van der Waals surface area contributed by atoms with E-state index in [-0.39, 0.29) is 5.92 Å². The van der Waals surface area contributed by atoms with Gasteiger partial charge in [0.05, 0.1) is 23.7 Å². The van der Waals surface area contributed by atoms with Gasteiger partial charge in [-0.1, -0.05) is 20.8 Å². The van der Waals surface area contributed by atoms with Crippen LogP contribution in [-0.2, 0) is 14.3 Å². The topological polar surface area (TPSA) is 120 Å². The number of carbonyl (C=O) groups excluding carboxylic acids is 1. The fourth-order valence-corrected chi connectivity index (χ4v) is 5.09. The molecule has 1 saturated heterocycles. The highest BCUT2D eigenvalue weighted by Gasteiger charge is 2.47. The summed E-state index contributed by atoms with van der Waals surface area (Å²) in [5.41, 5.74) is -3.07. The van der Waals surface area contributed by atoms with Crippen LogP contribution in [0.3, 0.4) is 0 Å². The third-order valence-corrected chi connectivity index (χ3v) is 7.18. The first-order chi connectivity index (χ1) is 14.1. The fraction of sp³-hybridized carbons (Fsp3) is 0.957. The molecule has 8 nitrogen and oxygen atoms in total. The Balaban J connectivity index is 3.42. The smallest absolute Gasteiger partial charge is 0.311 e. The molecule has 3 unspecified atom stereocenters. The van der Waals surface area contributed by atoms with Gasteiger partial charge in [0.15, 0.2) is 0 Å². The lowest BCUT2D eigenvalue weighted by molar-refractivity contribution is -0.194. The Hall–Kier alpha value is -0.770. The minimum absolute atomic E-state index is 0.00940. The van der Waals surface area contributed by atoms with E-state index in [4.69, 9.17) is 9.47 Å². The van der Waals surface area contributed by atoms with E-state index >= 15 is 0 Å². The molecule has 0 bridgehead atoms. The Morgan fingerprint density at radius 2 is 1.68 bits per heavy atom. The van der Waals surface area contributed by atoms with E-state index in [1.165, 1.54) is 14.0 Å². The highest BCUT2D eigenvalue weighted by atomic mass is 16.6. The number of methoxy groups -OCH3 is 1. The minimum atomic E-state index is -1.67. The molecule has 1 aliphatic rings. The van der Waals surface area contributed by atoms with Crippen LogP contribution in [0.5, 0.6) is 0 Å². The Labute approximate surface area is 187 Å². The SMILES string of the molecule is CC[C@H]1OC(=O)C(C)[C@@H](OC)[C@H](C)[C@@H](O)[C@](C)(O)C[C@@H](C)CN(C)C(C)C(O)[C@]1(C)O. The molecule has 0 aromatic carbocycles. The first-order valence-electron chi connectivity index (χ1n) is 11.4. The van der Waals surface area contributed by atoms with Gasteiger partial charge >= 0.3 is 5.97 Å². The standard InChI is InChI=1S/C23H45NO7/c1-10-17-23(7,29)20(26)16(5)24(8)12-13(2)11-22(6,28)19(25)14(3)18(30-9)15(4)21(27)31-17/h13-20,25-26,28-29H,10-12H2,1-9H3/t13-,14+,15?,16?,17-,18+,19-,20?,22-,23-/m1/s1. The molecule has 0 aromatic rings. The number of rotatable bonds is 2. The monoisotopic (exact) mass is 447 g/mol. The number of esters is 1. The van der Waals surface area contributed by atoms with Gasteiger partial charge in [-0.15, -0.1) is 0 Å². The number of cyclic esters (lactones) is 1. The van der Waals surface area contributed by atoms with Crippen molar-refractivity contribution in [1.29, 1.82) is 0 Å². The van der Waals surface area contributed by atoms with Crippen LogP contribution in [0.15, 0.2) is 0 Å². The quantitative estimate of drug-likeness (QED) is 0.466. The molecule has 0 spiro atoms. The molecular weight excluding hydrogens is 402 g/mol. The summed E-state index contributed by atoms with van der Waals surface area (Å²) in [7, 11) is 3.29. The molecule has 0 amide bonds. The highest BCUT2D eigenvalue weighted by Crippen LogP contribution is 2.33. The van der Waals surface area contributed by atoms with Crippen LogP contribution < -0.4 is 0 Å². The lowest BCUT2D eigenvalue weighted by Gasteiger charge is -2.42. The Morgan fingerprint density at radius 3 is 2.16 bits per heavy atom. The zero-order chi connectivity index (χ0) is 24.3. The normalized spacial score (nSPS) is 47.3. The third-order valence-electron chi connectivity index (χ3n) is 7.18. The molecule has 0 radical (unpaired) electrons. The van der Waals surface area contributed by atoms with Crippen LogP contribution in [0.1, 0.15) is 61.3 Å². The number of hydrogen-bond acceptors (Lipinski definition) is 8. The first-order valence-corrected chi connectivity index (χ1v) is 11.4. The predicted octanol–water partition coefficient (Wildman–Crippen LogP) is 1.18. The average Bonchev–Trinajstić information content (AvgIpc) is 2.68. The maximum absolute atomic E-state index is 12.9. The maximum atomic E-state index is 12.9. The Morgan fingerprint density at radius 1 is 1.13 bits per heavy atom. The van der Waals surface area contributed by atoms with Crippen LogP contribution in [0.2, 0.25) is 0 Å². The maximum Gasteiger partial charge on any atom is 0.311 e. The van der Waals surface area contributed by atoms with Gasteiger partial charge in [0.25, 0.3) is 0 Å². The van der Waals surface area contributed by atoms with Gasteiger partial charge in [0.1, 0.15) is 17.8 Å². The summed E-state index contributed by atoms with van der Waals surface area (Å²) in [5.74, 6) is -1.91. The number of aliphatic hydroxyl groups is 4. The molecule has 0 aliphatic carbocycles. The van der Waals surface area contributed by atoms with Crippen molar-refractivity contribution < 1.29 is 34.7 Å². The van der Waals surface area contributed by atoms with Crippen LogP contribution in [-0.4, -0.2) is 93.7 Å². The Bertz CT molecular complexity index is 582. The lowest BCUT2D eigenvalue weighted by atomic mass is 9.78. The second kappa shape index (κ2) is 10.9. The fourth-order valence-electron chi connectivity index (χ4n) is 5.09. The van der Waals surface area contributed by atoms with E-state index < -0.39 is 59.5 Å². The summed E-state index contributed by atoms with van der Waals surface area (Å²) in [5, 5.41) is 44.1. The van der Waals surface area contributed by atoms with Gasteiger partial charge in [-0.3, -0.25) is 4.79 Å². The average molecular weight is 448 g/mol. The van der Waals surface area contributed by atoms with Gasteiger partial charge < -0.3 is 34.8 Å². The molecule has 0 aromatic heterocycles. The predicted molar refractivity (Wildman–Crippen MR) is 118 cm³/mol. The summed E-state index contributed by atoms with van der Waals surface area (Å²) in [6.07, 6.45) is -3.29. The van der Waals surface area contributed by atoms with Crippen molar-refractivity contribution >= 4 is 5.97 Å². The van der Waals surface area contributed by atoms with Crippen LogP contribution in [0.4, 0.5) is 0 Å². The molecule has 10 atom stereocenters. The van der Waals surface area contributed by atoms with Crippen molar-refractivity contribution in [2.45, 2.75) is 103 Å². The molecule has 184 valence electrons. The number of nitrogens with zero attached hydrogens (tertiary/aromatic N) is 1. The number of ether oxygens (including phenoxy) is 2. The van der Waals surface area contributed by atoms with Gasteiger partial charge in [-0.05, 0) is 53.5 Å². The highest BCUT2D eigenvalue weighted by molar-refractivity contribution is 5.73. The zero-order valence-electron chi connectivity index (χ0n) is 20.7. The molecule has 31 heavy (non-hydrogen) atoms. The zero-order valence-corrected chi connectivity index (χ0v) is 20.7. The van der Waals surface area contributed by atoms with Crippen molar-refractivity contribution in [1.82, 2.24) is 4.90 Å². The van der Waals surface area contributed by atoms with Crippen molar-refractivity contribution in [3.05, 3.63) is 0 Å². The summed E-state index contributed by atoms with van der Waals surface area (Å²) in [4.78, 5) is 14.9. The number of aliphatic hydroxyl groups excluding tert-OH is 2. The van der Waals surface area contributed by atoms with E-state index in [0.29, 0.717) is 19.4 Å². The van der Waals surface area contributed by atoms with Crippen LogP contribution in [0.25, 0.3) is 0 Å². The second-order valence-corrected chi connectivity index (χ2v) is 10.1. The molecule has 1 fully saturated rings. The number of hydrogen-bond donors (Lipinski definition) is 4. The van der Waals surface area contributed by atoms with E-state index in [1.807, 2.05) is 18.9 Å². The molecule has 1 rings (SSSR count). The molecule has 1 aliphatic heterocycles. The molecule has 1 heterocycles. The minimum Gasteiger partial charge on any atom is -0.459 e.